The van der Waals surface area contributed by atoms with Crippen molar-refractivity contribution < 1.29 is 0 Å². The summed E-state index contributed by atoms with van der Waals surface area (Å²) in [5.74, 6) is 0.582. The first-order valence-electron chi connectivity index (χ1n) is 5.83. The Morgan fingerprint density at radius 2 is 2.19 bits per heavy atom. The van der Waals surface area contributed by atoms with Crippen molar-refractivity contribution in [1.29, 1.82) is 0 Å². The summed E-state index contributed by atoms with van der Waals surface area (Å²) in [6.45, 7) is 2.19. The lowest BCUT2D eigenvalue weighted by Gasteiger charge is -2.21. The van der Waals surface area contributed by atoms with Gasteiger partial charge >= 0.3 is 0 Å². The Kier molecular flexibility index (Phi) is 2.36. The molecule has 0 unspecified atom stereocenters. The number of fused-ring (bicyclic) bond motifs is 1. The molecule has 0 radical (unpaired) electrons. The first-order valence-corrected chi connectivity index (χ1v) is 5.83. The predicted molar refractivity (Wildman–Crippen MR) is 63.4 cm³/mol. The molecule has 84 valence electrons. The minimum absolute atomic E-state index is 0.582. The molecule has 1 saturated heterocycles. The minimum Gasteiger partial charge on any atom is -0.334 e. The van der Waals surface area contributed by atoms with Gasteiger partial charge in [-0.05, 0) is 32.0 Å². The van der Waals surface area contributed by atoms with Gasteiger partial charge in [-0.3, -0.25) is 0 Å². The predicted octanol–water partition coefficient (Wildman–Crippen LogP) is 1.44. The van der Waals surface area contributed by atoms with Crippen molar-refractivity contribution in [2.75, 3.05) is 13.1 Å². The number of nitrogens with zero attached hydrogens (tertiary/aromatic N) is 3. The van der Waals surface area contributed by atoms with Gasteiger partial charge in [-0.1, -0.05) is 0 Å². The second-order valence-corrected chi connectivity index (χ2v) is 4.45. The van der Waals surface area contributed by atoms with Crippen molar-refractivity contribution in [1.82, 2.24) is 19.9 Å². The molecule has 0 bridgehead atoms. The van der Waals surface area contributed by atoms with Crippen molar-refractivity contribution in [3.63, 3.8) is 0 Å². The minimum atomic E-state index is 0.582. The zero-order valence-corrected chi connectivity index (χ0v) is 9.48. The zero-order chi connectivity index (χ0) is 11.0. The fourth-order valence-electron chi connectivity index (χ4n) is 2.36. The van der Waals surface area contributed by atoms with Gasteiger partial charge in [0.25, 0.3) is 0 Å². The Hall–Kier alpha value is -1.42. The van der Waals surface area contributed by atoms with Crippen LogP contribution in [0.5, 0.6) is 0 Å². The van der Waals surface area contributed by atoms with E-state index in [1.807, 2.05) is 30.1 Å². The molecule has 3 heterocycles. The largest absolute Gasteiger partial charge is 0.334 e. The van der Waals surface area contributed by atoms with Gasteiger partial charge in [0.1, 0.15) is 5.52 Å². The van der Waals surface area contributed by atoms with Crippen LogP contribution >= 0.6 is 0 Å². The second kappa shape index (κ2) is 3.87. The molecule has 1 aliphatic heterocycles. The van der Waals surface area contributed by atoms with E-state index >= 15 is 0 Å². The third kappa shape index (κ3) is 1.59. The Morgan fingerprint density at radius 1 is 1.38 bits per heavy atom. The maximum atomic E-state index is 4.71. The molecule has 4 nitrogen and oxygen atoms in total. The van der Waals surface area contributed by atoms with Crippen molar-refractivity contribution >= 4 is 11.2 Å². The average molecular weight is 216 g/mol. The number of hydrogen-bond acceptors (Lipinski definition) is 3. The highest BCUT2D eigenvalue weighted by Gasteiger charge is 2.17. The van der Waals surface area contributed by atoms with Gasteiger partial charge in [-0.15, -0.1) is 0 Å². The fourth-order valence-corrected chi connectivity index (χ4v) is 2.36. The summed E-state index contributed by atoms with van der Waals surface area (Å²) < 4.78 is 2.01. The number of piperidine rings is 1. The standard InChI is InChI=1S/C12H16N4/c1-16-7-4-10-12(16)14-8-11(15-10)9-2-5-13-6-3-9/h4,7-9,13H,2-3,5-6H2,1H3. The molecule has 2 aromatic rings. The van der Waals surface area contributed by atoms with Crippen LogP contribution in [0.2, 0.25) is 0 Å². The SMILES string of the molecule is Cn1ccc2nc(C3CCNCC3)cnc21. The summed E-state index contributed by atoms with van der Waals surface area (Å²) in [4.78, 5) is 9.20. The third-order valence-electron chi connectivity index (χ3n) is 3.35. The van der Waals surface area contributed by atoms with Gasteiger partial charge in [-0.25, -0.2) is 9.97 Å². The molecule has 0 spiro atoms. The van der Waals surface area contributed by atoms with E-state index in [0.717, 1.165) is 29.9 Å². The summed E-state index contributed by atoms with van der Waals surface area (Å²) >= 11 is 0. The summed E-state index contributed by atoms with van der Waals surface area (Å²) in [6.07, 6.45) is 6.30. The molecule has 1 fully saturated rings. The Bertz CT molecular complexity index is 497. The highest BCUT2D eigenvalue weighted by Crippen LogP contribution is 2.24. The Balaban J connectivity index is 1.97. The number of nitrogens with one attached hydrogen (secondary N) is 1. The van der Waals surface area contributed by atoms with Crippen molar-refractivity contribution in [2.24, 2.45) is 7.05 Å². The molecule has 3 rings (SSSR count). The quantitative estimate of drug-likeness (QED) is 0.784. The normalized spacial score (nSPS) is 18.1. The monoisotopic (exact) mass is 216 g/mol. The van der Waals surface area contributed by atoms with Gasteiger partial charge in [0, 0.05) is 19.2 Å². The van der Waals surface area contributed by atoms with E-state index in [0.29, 0.717) is 5.92 Å². The zero-order valence-electron chi connectivity index (χ0n) is 9.48. The maximum Gasteiger partial charge on any atom is 0.158 e. The maximum absolute atomic E-state index is 4.71. The molecule has 0 saturated carbocycles. The fraction of sp³-hybridized carbons (Fsp3) is 0.500. The molecule has 0 amide bonds. The molecule has 0 aliphatic carbocycles. The van der Waals surface area contributed by atoms with Crippen molar-refractivity contribution in [2.45, 2.75) is 18.8 Å². The van der Waals surface area contributed by atoms with E-state index in [4.69, 9.17) is 4.98 Å². The molecular formula is C12H16N4. The topological polar surface area (TPSA) is 42.7 Å². The van der Waals surface area contributed by atoms with Gasteiger partial charge in [-0.2, -0.15) is 0 Å². The van der Waals surface area contributed by atoms with Crippen LogP contribution < -0.4 is 5.32 Å². The van der Waals surface area contributed by atoms with Gasteiger partial charge in [0.2, 0.25) is 0 Å². The van der Waals surface area contributed by atoms with Crippen LogP contribution in [-0.2, 0) is 7.05 Å². The van der Waals surface area contributed by atoms with Crippen molar-refractivity contribution in [3.05, 3.63) is 24.2 Å². The number of rotatable bonds is 1. The van der Waals surface area contributed by atoms with Crippen LogP contribution in [-0.4, -0.2) is 27.6 Å². The first-order chi connectivity index (χ1) is 7.84. The highest BCUT2D eigenvalue weighted by atomic mass is 15.0. The van der Waals surface area contributed by atoms with Crippen LogP contribution in [0.15, 0.2) is 18.5 Å². The molecule has 1 N–H and O–H groups in total. The highest BCUT2D eigenvalue weighted by molar-refractivity contribution is 5.71. The smallest absolute Gasteiger partial charge is 0.158 e. The van der Waals surface area contributed by atoms with E-state index in [-0.39, 0.29) is 0 Å². The molecule has 16 heavy (non-hydrogen) atoms. The van der Waals surface area contributed by atoms with E-state index in [9.17, 15) is 0 Å². The lowest BCUT2D eigenvalue weighted by Crippen LogP contribution is -2.27. The van der Waals surface area contributed by atoms with Gasteiger partial charge in [0.05, 0.1) is 11.9 Å². The molecule has 0 atom stereocenters. The van der Waals surface area contributed by atoms with E-state index in [1.165, 1.54) is 12.8 Å². The van der Waals surface area contributed by atoms with Crippen LogP contribution in [0, 0.1) is 0 Å². The number of aromatic nitrogens is 3. The summed E-state index contributed by atoms with van der Waals surface area (Å²) in [5, 5.41) is 3.37. The van der Waals surface area contributed by atoms with E-state index in [1.54, 1.807) is 0 Å². The molecular weight excluding hydrogens is 200 g/mol. The summed E-state index contributed by atoms with van der Waals surface area (Å²) in [5.41, 5.74) is 3.14. The lowest BCUT2D eigenvalue weighted by atomic mass is 9.95. The van der Waals surface area contributed by atoms with Crippen LogP contribution in [0.4, 0.5) is 0 Å². The number of aryl methyl sites for hydroxylation is 1. The average Bonchev–Trinajstić information content (AvgIpc) is 2.72. The lowest BCUT2D eigenvalue weighted by molar-refractivity contribution is 0.453. The number of hydrogen-bond donors (Lipinski definition) is 1. The molecule has 2 aromatic heterocycles. The molecule has 4 heteroatoms. The van der Waals surface area contributed by atoms with Crippen LogP contribution in [0.25, 0.3) is 11.2 Å². The molecule has 1 aliphatic rings. The van der Waals surface area contributed by atoms with Gasteiger partial charge < -0.3 is 9.88 Å². The second-order valence-electron chi connectivity index (χ2n) is 4.45. The first kappa shape index (κ1) is 9.78. The van der Waals surface area contributed by atoms with E-state index < -0.39 is 0 Å². The van der Waals surface area contributed by atoms with Crippen LogP contribution in [0.1, 0.15) is 24.5 Å². The Morgan fingerprint density at radius 3 is 3.00 bits per heavy atom. The third-order valence-corrected chi connectivity index (χ3v) is 3.35. The molecule has 0 aromatic carbocycles. The van der Waals surface area contributed by atoms with Crippen molar-refractivity contribution in [3.8, 4) is 0 Å². The van der Waals surface area contributed by atoms with Gasteiger partial charge in [0.15, 0.2) is 5.65 Å². The van der Waals surface area contributed by atoms with Crippen LogP contribution in [0.3, 0.4) is 0 Å². The summed E-state index contributed by atoms with van der Waals surface area (Å²) in [7, 11) is 2.00. The summed E-state index contributed by atoms with van der Waals surface area (Å²) in [6, 6.07) is 2.03. The van der Waals surface area contributed by atoms with E-state index in [2.05, 4.69) is 10.3 Å². The Labute approximate surface area is 94.7 Å².